The van der Waals surface area contributed by atoms with Gasteiger partial charge in [0.1, 0.15) is 5.75 Å². The molecule has 0 spiro atoms. The maximum Gasteiger partial charge on any atom is 0.133 e. The summed E-state index contributed by atoms with van der Waals surface area (Å²) in [4.78, 5) is 0.407. The van der Waals surface area contributed by atoms with Crippen molar-refractivity contribution in [2.24, 2.45) is 5.92 Å². The Balaban J connectivity index is 2.80. The quantitative estimate of drug-likeness (QED) is 0.587. The van der Waals surface area contributed by atoms with Crippen LogP contribution in [0.25, 0.3) is 0 Å². The molecular formula is C14H20Br2O. The zero-order valence-corrected chi connectivity index (χ0v) is 13.8. The van der Waals surface area contributed by atoms with Crippen LogP contribution in [0, 0.1) is 5.92 Å². The molecule has 0 aromatic heterocycles. The van der Waals surface area contributed by atoms with Crippen LogP contribution in [-0.2, 0) is 0 Å². The van der Waals surface area contributed by atoms with Crippen molar-refractivity contribution in [3.05, 3.63) is 28.2 Å². The summed E-state index contributed by atoms with van der Waals surface area (Å²) in [6.07, 6.45) is 2.20. The van der Waals surface area contributed by atoms with Gasteiger partial charge in [0, 0.05) is 4.83 Å². The molecule has 0 bridgehead atoms. The van der Waals surface area contributed by atoms with Crippen LogP contribution in [-0.4, -0.2) is 6.61 Å². The van der Waals surface area contributed by atoms with E-state index in [0.29, 0.717) is 10.7 Å². The average molecular weight is 364 g/mol. The van der Waals surface area contributed by atoms with Gasteiger partial charge in [-0.25, -0.2) is 0 Å². The van der Waals surface area contributed by atoms with Gasteiger partial charge in [-0.2, -0.15) is 0 Å². The number of hydrogen-bond acceptors (Lipinski definition) is 1. The summed E-state index contributed by atoms with van der Waals surface area (Å²) < 4.78 is 6.68. The van der Waals surface area contributed by atoms with Gasteiger partial charge >= 0.3 is 0 Å². The molecule has 1 rings (SSSR count). The molecule has 3 heteroatoms. The van der Waals surface area contributed by atoms with E-state index in [0.717, 1.165) is 23.2 Å². The smallest absolute Gasteiger partial charge is 0.133 e. The van der Waals surface area contributed by atoms with E-state index in [1.807, 2.05) is 6.07 Å². The molecule has 2 unspecified atom stereocenters. The lowest BCUT2D eigenvalue weighted by atomic mass is 9.99. The number of alkyl halides is 1. The lowest BCUT2D eigenvalue weighted by Gasteiger charge is -2.18. The summed E-state index contributed by atoms with van der Waals surface area (Å²) in [5.74, 6) is 1.56. The Morgan fingerprint density at radius 3 is 2.53 bits per heavy atom. The number of ether oxygens (including phenoxy) is 1. The Morgan fingerprint density at radius 1 is 1.29 bits per heavy atom. The molecule has 0 radical (unpaired) electrons. The van der Waals surface area contributed by atoms with Crippen LogP contribution in [0.2, 0.25) is 0 Å². The molecule has 1 aromatic carbocycles. The summed E-state index contributed by atoms with van der Waals surface area (Å²) >= 11 is 7.33. The normalized spacial score (nSPS) is 14.4. The van der Waals surface area contributed by atoms with Crippen LogP contribution in [0.5, 0.6) is 5.75 Å². The number of rotatable bonds is 6. The first kappa shape index (κ1) is 15.0. The van der Waals surface area contributed by atoms with Crippen molar-refractivity contribution in [2.75, 3.05) is 6.61 Å². The molecule has 0 aliphatic rings. The average Bonchev–Trinajstić information content (AvgIpc) is 2.35. The van der Waals surface area contributed by atoms with Gasteiger partial charge in [0.2, 0.25) is 0 Å². The van der Waals surface area contributed by atoms with E-state index < -0.39 is 0 Å². The number of benzene rings is 1. The van der Waals surface area contributed by atoms with E-state index in [1.165, 1.54) is 12.0 Å². The predicted octanol–water partition coefficient (Wildman–Crippen LogP) is 5.72. The first-order valence-corrected chi connectivity index (χ1v) is 7.87. The van der Waals surface area contributed by atoms with Crippen molar-refractivity contribution in [1.82, 2.24) is 0 Å². The van der Waals surface area contributed by atoms with Crippen LogP contribution in [0.4, 0.5) is 0 Å². The van der Waals surface area contributed by atoms with Gasteiger partial charge in [0.05, 0.1) is 11.1 Å². The van der Waals surface area contributed by atoms with E-state index in [9.17, 15) is 0 Å². The fourth-order valence-corrected chi connectivity index (χ4v) is 2.72. The highest BCUT2D eigenvalue weighted by molar-refractivity contribution is 9.10. The standard InChI is InChI=1S/C14H20Br2O/c1-4-8-17-13-7-6-11(9-12(13)15)14(16)10(3)5-2/h6-7,9-10,14H,4-5,8H2,1-3H3. The third kappa shape index (κ3) is 4.29. The van der Waals surface area contributed by atoms with Gasteiger partial charge in [0.15, 0.2) is 0 Å². The first-order chi connectivity index (χ1) is 8.10. The maximum atomic E-state index is 5.65. The molecule has 0 aliphatic heterocycles. The zero-order valence-electron chi connectivity index (χ0n) is 10.7. The summed E-state index contributed by atoms with van der Waals surface area (Å²) in [6, 6.07) is 6.34. The molecule has 0 saturated carbocycles. The van der Waals surface area contributed by atoms with Crippen molar-refractivity contribution in [1.29, 1.82) is 0 Å². The highest BCUT2D eigenvalue weighted by Gasteiger charge is 2.15. The third-order valence-electron chi connectivity index (χ3n) is 2.88. The Kier molecular flexibility index (Phi) is 6.57. The Bertz CT molecular complexity index is 352. The van der Waals surface area contributed by atoms with Gasteiger partial charge in [-0.05, 0) is 46.0 Å². The Labute approximate surface area is 121 Å². The van der Waals surface area contributed by atoms with E-state index in [-0.39, 0.29) is 0 Å². The number of hydrogen-bond donors (Lipinski definition) is 0. The van der Waals surface area contributed by atoms with Crippen LogP contribution in [0.3, 0.4) is 0 Å². The molecule has 96 valence electrons. The lowest BCUT2D eigenvalue weighted by Crippen LogP contribution is -2.03. The molecule has 0 fully saturated rings. The van der Waals surface area contributed by atoms with Gasteiger partial charge in [-0.3, -0.25) is 0 Å². The van der Waals surface area contributed by atoms with Gasteiger partial charge < -0.3 is 4.74 Å². The fourth-order valence-electron chi connectivity index (χ4n) is 1.55. The van der Waals surface area contributed by atoms with Gasteiger partial charge in [-0.15, -0.1) is 0 Å². The molecule has 0 heterocycles. The minimum absolute atomic E-state index is 0.407. The second-order valence-corrected chi connectivity index (χ2v) is 6.17. The monoisotopic (exact) mass is 362 g/mol. The Morgan fingerprint density at radius 2 is 2.00 bits per heavy atom. The summed E-state index contributed by atoms with van der Waals surface area (Å²) in [7, 11) is 0. The zero-order chi connectivity index (χ0) is 12.8. The maximum absolute atomic E-state index is 5.65. The molecule has 1 aromatic rings. The second kappa shape index (κ2) is 7.42. The van der Waals surface area contributed by atoms with E-state index in [4.69, 9.17) is 4.74 Å². The summed E-state index contributed by atoms with van der Waals surface area (Å²) in [5.41, 5.74) is 1.30. The highest BCUT2D eigenvalue weighted by atomic mass is 79.9. The molecule has 2 atom stereocenters. The van der Waals surface area contributed by atoms with Crippen molar-refractivity contribution in [3.63, 3.8) is 0 Å². The largest absolute Gasteiger partial charge is 0.492 e. The van der Waals surface area contributed by atoms with Crippen molar-refractivity contribution in [2.45, 2.75) is 38.4 Å². The fraction of sp³-hybridized carbons (Fsp3) is 0.571. The molecule has 0 saturated heterocycles. The van der Waals surface area contributed by atoms with Gasteiger partial charge in [0.25, 0.3) is 0 Å². The van der Waals surface area contributed by atoms with Crippen molar-refractivity contribution in [3.8, 4) is 5.75 Å². The third-order valence-corrected chi connectivity index (χ3v) is 4.93. The van der Waals surface area contributed by atoms with Crippen LogP contribution in [0.15, 0.2) is 22.7 Å². The van der Waals surface area contributed by atoms with Gasteiger partial charge in [-0.1, -0.05) is 49.2 Å². The molecule has 0 N–H and O–H groups in total. The van der Waals surface area contributed by atoms with Crippen LogP contribution < -0.4 is 4.74 Å². The molecular weight excluding hydrogens is 344 g/mol. The molecule has 1 nitrogen and oxygen atoms in total. The molecule has 17 heavy (non-hydrogen) atoms. The number of halogens is 2. The topological polar surface area (TPSA) is 9.23 Å². The SMILES string of the molecule is CCCOc1ccc(C(Br)C(C)CC)cc1Br. The summed E-state index contributed by atoms with van der Waals surface area (Å²) in [5, 5.41) is 0. The minimum atomic E-state index is 0.407. The molecule has 0 amide bonds. The van der Waals surface area contributed by atoms with E-state index in [1.54, 1.807) is 0 Å². The first-order valence-electron chi connectivity index (χ1n) is 6.16. The van der Waals surface area contributed by atoms with E-state index >= 15 is 0 Å². The van der Waals surface area contributed by atoms with Crippen molar-refractivity contribution >= 4 is 31.9 Å². The van der Waals surface area contributed by atoms with Crippen molar-refractivity contribution < 1.29 is 4.74 Å². The highest BCUT2D eigenvalue weighted by Crippen LogP contribution is 2.36. The van der Waals surface area contributed by atoms with Crippen LogP contribution >= 0.6 is 31.9 Å². The molecule has 0 aliphatic carbocycles. The Hall–Kier alpha value is -0.0200. The predicted molar refractivity (Wildman–Crippen MR) is 81.1 cm³/mol. The second-order valence-electron chi connectivity index (χ2n) is 4.33. The summed E-state index contributed by atoms with van der Waals surface area (Å²) in [6.45, 7) is 7.35. The van der Waals surface area contributed by atoms with Crippen LogP contribution in [0.1, 0.15) is 44.0 Å². The lowest BCUT2D eigenvalue weighted by molar-refractivity contribution is 0.315. The minimum Gasteiger partial charge on any atom is -0.492 e. The van der Waals surface area contributed by atoms with E-state index in [2.05, 4.69) is 64.8 Å².